The van der Waals surface area contributed by atoms with Gasteiger partial charge in [-0.2, -0.15) is 0 Å². The van der Waals surface area contributed by atoms with Crippen molar-refractivity contribution in [3.8, 4) is 0 Å². The number of benzene rings is 1. The number of halogens is 1. The maximum absolute atomic E-state index is 6.25. The van der Waals surface area contributed by atoms with Gasteiger partial charge in [-0.25, -0.2) is 0 Å². The van der Waals surface area contributed by atoms with Crippen LogP contribution in [0.2, 0.25) is 5.02 Å². The van der Waals surface area contributed by atoms with Crippen LogP contribution in [-0.4, -0.2) is 17.0 Å². The standard InChI is InChI=1S/C14H22ClN/c1-10(2)16(11(3)4)12(5)13-8-6-7-9-14(13)15/h6-12H,1-5H3. The molecular weight excluding hydrogens is 218 g/mol. The van der Waals surface area contributed by atoms with Crippen molar-refractivity contribution < 1.29 is 0 Å². The molecule has 0 spiro atoms. The summed E-state index contributed by atoms with van der Waals surface area (Å²) in [6.07, 6.45) is 0. The van der Waals surface area contributed by atoms with Gasteiger partial charge < -0.3 is 0 Å². The molecule has 0 aromatic heterocycles. The maximum atomic E-state index is 6.25. The molecule has 0 amide bonds. The van der Waals surface area contributed by atoms with Gasteiger partial charge in [0, 0.05) is 23.1 Å². The Kier molecular flexibility index (Phi) is 4.82. The first-order chi connectivity index (χ1) is 7.45. The van der Waals surface area contributed by atoms with E-state index < -0.39 is 0 Å². The van der Waals surface area contributed by atoms with Gasteiger partial charge in [0.05, 0.1) is 0 Å². The monoisotopic (exact) mass is 239 g/mol. The van der Waals surface area contributed by atoms with Crippen LogP contribution in [0.25, 0.3) is 0 Å². The molecule has 0 aliphatic rings. The molecule has 1 atom stereocenters. The van der Waals surface area contributed by atoms with Crippen molar-refractivity contribution in [1.29, 1.82) is 0 Å². The minimum Gasteiger partial charge on any atom is -0.292 e. The van der Waals surface area contributed by atoms with Crippen LogP contribution in [0.1, 0.15) is 46.2 Å². The zero-order valence-electron chi connectivity index (χ0n) is 10.9. The molecule has 1 aromatic rings. The van der Waals surface area contributed by atoms with Gasteiger partial charge in [0.1, 0.15) is 0 Å². The summed E-state index contributed by atoms with van der Waals surface area (Å²) in [5.41, 5.74) is 1.21. The zero-order valence-corrected chi connectivity index (χ0v) is 11.6. The van der Waals surface area contributed by atoms with Crippen molar-refractivity contribution in [2.75, 3.05) is 0 Å². The quantitative estimate of drug-likeness (QED) is 0.747. The summed E-state index contributed by atoms with van der Waals surface area (Å²) in [6, 6.07) is 9.51. The number of hydrogen-bond acceptors (Lipinski definition) is 1. The Morgan fingerprint density at radius 1 is 0.938 bits per heavy atom. The molecule has 0 saturated carbocycles. The largest absolute Gasteiger partial charge is 0.292 e. The third-order valence-electron chi connectivity index (χ3n) is 3.00. The van der Waals surface area contributed by atoms with Crippen LogP contribution in [0.4, 0.5) is 0 Å². The summed E-state index contributed by atoms with van der Waals surface area (Å²) in [6.45, 7) is 11.1. The Labute approximate surface area is 104 Å². The maximum Gasteiger partial charge on any atom is 0.0453 e. The smallest absolute Gasteiger partial charge is 0.0453 e. The minimum atomic E-state index is 0.355. The molecule has 0 bridgehead atoms. The Balaban J connectivity index is 2.99. The van der Waals surface area contributed by atoms with Gasteiger partial charge >= 0.3 is 0 Å². The molecule has 0 aliphatic carbocycles. The van der Waals surface area contributed by atoms with Crippen molar-refractivity contribution in [2.24, 2.45) is 0 Å². The van der Waals surface area contributed by atoms with Crippen LogP contribution in [0.5, 0.6) is 0 Å². The van der Waals surface area contributed by atoms with Gasteiger partial charge in [-0.15, -0.1) is 0 Å². The van der Waals surface area contributed by atoms with E-state index >= 15 is 0 Å². The van der Waals surface area contributed by atoms with Crippen LogP contribution in [0.15, 0.2) is 24.3 Å². The molecule has 0 aliphatic heterocycles. The van der Waals surface area contributed by atoms with E-state index in [2.05, 4.69) is 51.7 Å². The van der Waals surface area contributed by atoms with Gasteiger partial charge in [-0.05, 0) is 46.2 Å². The minimum absolute atomic E-state index is 0.355. The molecule has 1 unspecified atom stereocenters. The van der Waals surface area contributed by atoms with Crippen LogP contribution in [0.3, 0.4) is 0 Å². The second-order valence-corrected chi connectivity index (χ2v) is 5.24. The highest BCUT2D eigenvalue weighted by Crippen LogP contribution is 2.29. The van der Waals surface area contributed by atoms with Crippen LogP contribution >= 0.6 is 11.6 Å². The lowest BCUT2D eigenvalue weighted by Gasteiger charge is -2.36. The molecule has 1 nitrogen and oxygen atoms in total. The average molecular weight is 240 g/mol. The second kappa shape index (κ2) is 5.70. The molecule has 0 saturated heterocycles. The van der Waals surface area contributed by atoms with Crippen molar-refractivity contribution >= 4 is 11.6 Å². The summed E-state index contributed by atoms with van der Waals surface area (Å²) >= 11 is 6.25. The molecule has 16 heavy (non-hydrogen) atoms. The molecule has 0 heterocycles. The predicted molar refractivity (Wildman–Crippen MR) is 72.0 cm³/mol. The van der Waals surface area contributed by atoms with E-state index in [0.29, 0.717) is 18.1 Å². The SMILES string of the molecule is CC(C)N(C(C)C)C(C)c1ccccc1Cl. The summed E-state index contributed by atoms with van der Waals surface area (Å²) in [7, 11) is 0. The second-order valence-electron chi connectivity index (χ2n) is 4.83. The lowest BCUT2D eigenvalue weighted by atomic mass is 10.0. The van der Waals surface area contributed by atoms with E-state index in [1.165, 1.54) is 5.56 Å². The van der Waals surface area contributed by atoms with Crippen molar-refractivity contribution in [2.45, 2.75) is 52.7 Å². The Morgan fingerprint density at radius 3 is 1.88 bits per heavy atom. The lowest BCUT2D eigenvalue weighted by Crippen LogP contribution is -2.39. The fraction of sp³-hybridized carbons (Fsp3) is 0.571. The van der Waals surface area contributed by atoms with Crippen molar-refractivity contribution in [3.05, 3.63) is 34.9 Å². The first kappa shape index (κ1) is 13.5. The molecule has 1 rings (SSSR count). The van der Waals surface area contributed by atoms with Gasteiger partial charge in [0.2, 0.25) is 0 Å². The molecule has 2 heteroatoms. The molecule has 0 radical (unpaired) electrons. The highest BCUT2D eigenvalue weighted by atomic mass is 35.5. The normalized spacial score (nSPS) is 13.8. The van der Waals surface area contributed by atoms with E-state index in [0.717, 1.165) is 5.02 Å². The first-order valence-corrected chi connectivity index (χ1v) is 6.34. The molecule has 0 N–H and O–H groups in total. The highest BCUT2D eigenvalue weighted by molar-refractivity contribution is 6.31. The molecule has 0 fully saturated rings. The Morgan fingerprint density at radius 2 is 1.44 bits per heavy atom. The van der Waals surface area contributed by atoms with Crippen LogP contribution < -0.4 is 0 Å². The first-order valence-electron chi connectivity index (χ1n) is 5.97. The van der Waals surface area contributed by atoms with Crippen molar-refractivity contribution in [3.63, 3.8) is 0 Å². The summed E-state index contributed by atoms with van der Waals surface area (Å²) < 4.78 is 0. The van der Waals surface area contributed by atoms with Gasteiger partial charge in [0.15, 0.2) is 0 Å². The van der Waals surface area contributed by atoms with Gasteiger partial charge in [0.25, 0.3) is 0 Å². The zero-order chi connectivity index (χ0) is 12.3. The topological polar surface area (TPSA) is 3.24 Å². The van der Waals surface area contributed by atoms with E-state index in [1.807, 2.05) is 12.1 Å². The van der Waals surface area contributed by atoms with E-state index in [1.54, 1.807) is 0 Å². The number of nitrogens with zero attached hydrogens (tertiary/aromatic N) is 1. The van der Waals surface area contributed by atoms with Gasteiger partial charge in [-0.1, -0.05) is 29.8 Å². The summed E-state index contributed by atoms with van der Waals surface area (Å²) in [5, 5.41) is 0.862. The van der Waals surface area contributed by atoms with Crippen LogP contribution in [-0.2, 0) is 0 Å². The third-order valence-corrected chi connectivity index (χ3v) is 3.34. The fourth-order valence-corrected chi connectivity index (χ4v) is 2.76. The van der Waals surface area contributed by atoms with E-state index in [-0.39, 0.29) is 0 Å². The summed E-state index contributed by atoms with van der Waals surface area (Å²) in [4.78, 5) is 2.47. The van der Waals surface area contributed by atoms with Crippen LogP contribution in [0, 0.1) is 0 Å². The van der Waals surface area contributed by atoms with Gasteiger partial charge in [-0.3, -0.25) is 4.90 Å². The Bertz CT molecular complexity index is 325. The molecule has 1 aromatic carbocycles. The van der Waals surface area contributed by atoms with Crippen molar-refractivity contribution in [1.82, 2.24) is 4.90 Å². The molecule has 90 valence electrons. The van der Waals surface area contributed by atoms with E-state index in [4.69, 9.17) is 11.6 Å². The lowest BCUT2D eigenvalue weighted by molar-refractivity contribution is 0.123. The highest BCUT2D eigenvalue weighted by Gasteiger charge is 2.22. The number of rotatable bonds is 4. The van der Waals surface area contributed by atoms with E-state index in [9.17, 15) is 0 Å². The summed E-state index contributed by atoms with van der Waals surface area (Å²) in [5.74, 6) is 0. The molecular formula is C14H22ClN. The average Bonchev–Trinajstić information content (AvgIpc) is 2.16. The fourth-order valence-electron chi connectivity index (χ4n) is 2.47. The number of hydrogen-bond donors (Lipinski definition) is 0. The predicted octanol–water partition coefficient (Wildman–Crippen LogP) is 4.52. The Hall–Kier alpha value is -0.530. The third kappa shape index (κ3) is 2.99.